The minimum absolute atomic E-state index is 1.13. The monoisotopic (exact) mass is 428 g/mol. The Morgan fingerprint density at radius 3 is 1.29 bits per heavy atom. The van der Waals surface area contributed by atoms with E-state index in [-0.39, 0.29) is 0 Å². The van der Waals surface area contributed by atoms with E-state index in [4.69, 9.17) is 0 Å². The first-order valence-electron chi connectivity index (χ1n) is 12.7. The van der Waals surface area contributed by atoms with Gasteiger partial charge in [-0.3, -0.25) is 0 Å². The van der Waals surface area contributed by atoms with Crippen LogP contribution in [-0.4, -0.2) is 0 Å². The standard InChI is InChI=1S/C34H20/c1-5-17-13-15-25-24-12-4-10-22-20-8-2-6-18-14-16-26-23-11-3-9-21-19(7-1)27(17)31(25)33(29(21)23)34(30(22)24)32(26)28(18)20/h3-4,7-16H,1-2,5-6H2. The second kappa shape index (κ2) is 5.26. The largest absolute Gasteiger partial charge is 0.0757 e. The fourth-order valence-corrected chi connectivity index (χ4v) is 8.02. The van der Waals surface area contributed by atoms with E-state index in [1.54, 1.807) is 0 Å². The topological polar surface area (TPSA) is 0 Å². The Bertz CT molecular complexity index is 2150. The molecule has 0 saturated heterocycles. The van der Waals surface area contributed by atoms with Crippen LogP contribution >= 0.6 is 0 Å². The summed E-state index contributed by atoms with van der Waals surface area (Å²) >= 11 is 0. The number of fused-ring (bicyclic) bond motifs is 4. The zero-order chi connectivity index (χ0) is 21.7. The first kappa shape index (κ1) is 16.7. The van der Waals surface area contributed by atoms with Crippen LogP contribution < -0.4 is 10.4 Å². The summed E-state index contributed by atoms with van der Waals surface area (Å²) in [5, 5.41) is 23.6. The number of aryl methyl sites for hydroxylation is 2. The van der Waals surface area contributed by atoms with Crippen molar-refractivity contribution in [2.45, 2.75) is 25.7 Å². The van der Waals surface area contributed by atoms with Crippen LogP contribution in [0, 0.1) is 0 Å². The van der Waals surface area contributed by atoms with Crippen molar-refractivity contribution < 1.29 is 0 Å². The van der Waals surface area contributed by atoms with Crippen molar-refractivity contribution in [3.05, 3.63) is 82.2 Å². The molecule has 0 atom stereocenters. The van der Waals surface area contributed by atoms with E-state index in [0.29, 0.717) is 0 Å². The average Bonchev–Trinajstić information content (AvgIpc) is 2.90. The maximum atomic E-state index is 2.51. The van der Waals surface area contributed by atoms with Crippen LogP contribution in [0.15, 0.2) is 60.7 Å². The van der Waals surface area contributed by atoms with Gasteiger partial charge in [0.25, 0.3) is 0 Å². The maximum absolute atomic E-state index is 2.51. The highest BCUT2D eigenvalue weighted by molar-refractivity contribution is 6.49. The van der Waals surface area contributed by atoms with Crippen molar-refractivity contribution in [1.29, 1.82) is 0 Å². The van der Waals surface area contributed by atoms with Crippen molar-refractivity contribution in [1.82, 2.24) is 0 Å². The quantitative estimate of drug-likeness (QED) is 0.173. The lowest BCUT2D eigenvalue weighted by molar-refractivity contribution is 1.04. The molecule has 0 aromatic heterocycles. The van der Waals surface area contributed by atoms with Gasteiger partial charge in [-0.25, -0.2) is 0 Å². The van der Waals surface area contributed by atoms with Gasteiger partial charge in [-0.2, -0.15) is 0 Å². The Balaban J connectivity index is 1.78. The molecule has 10 rings (SSSR count). The third-order valence-electron chi connectivity index (χ3n) is 9.19. The summed E-state index contributed by atoms with van der Waals surface area (Å²) < 4.78 is 0. The molecular formula is C34H20. The van der Waals surface area contributed by atoms with E-state index in [1.165, 1.54) is 97.0 Å². The molecule has 2 aliphatic carbocycles. The second-order valence-electron chi connectivity index (χ2n) is 10.6. The number of hydrogen-bond acceptors (Lipinski definition) is 0. The summed E-state index contributed by atoms with van der Waals surface area (Å²) in [5.41, 5.74) is 3.05. The first-order valence-corrected chi connectivity index (χ1v) is 12.7. The van der Waals surface area contributed by atoms with E-state index in [1.807, 2.05) is 0 Å². The Morgan fingerprint density at radius 1 is 0.353 bits per heavy atom. The van der Waals surface area contributed by atoms with E-state index in [2.05, 4.69) is 72.8 Å². The average molecular weight is 429 g/mol. The van der Waals surface area contributed by atoms with Crippen LogP contribution in [0.5, 0.6) is 0 Å². The molecular weight excluding hydrogens is 408 g/mol. The third kappa shape index (κ3) is 1.59. The smallest absolute Gasteiger partial charge is 0.0000836 e. The summed E-state index contributed by atoms with van der Waals surface area (Å²) in [6.45, 7) is 0. The van der Waals surface area contributed by atoms with Gasteiger partial charge in [0.05, 0.1) is 0 Å². The van der Waals surface area contributed by atoms with Crippen LogP contribution in [-0.2, 0) is 12.8 Å². The minimum Gasteiger partial charge on any atom is -0.0757 e. The molecule has 0 unspecified atom stereocenters. The van der Waals surface area contributed by atoms with Gasteiger partial charge in [-0.1, -0.05) is 72.8 Å². The van der Waals surface area contributed by atoms with Gasteiger partial charge >= 0.3 is 0 Å². The van der Waals surface area contributed by atoms with Crippen LogP contribution in [0.4, 0.5) is 0 Å². The van der Waals surface area contributed by atoms with E-state index < -0.39 is 0 Å². The predicted octanol–water partition coefficient (Wildman–Crippen LogP) is 7.53. The van der Waals surface area contributed by atoms with Gasteiger partial charge in [0.1, 0.15) is 0 Å². The molecule has 0 amide bonds. The zero-order valence-electron chi connectivity index (χ0n) is 18.8. The summed E-state index contributed by atoms with van der Waals surface area (Å²) in [7, 11) is 0. The Kier molecular flexibility index (Phi) is 2.58. The van der Waals surface area contributed by atoms with Gasteiger partial charge in [0, 0.05) is 0 Å². The van der Waals surface area contributed by atoms with E-state index >= 15 is 0 Å². The SMILES string of the molecule is C1=c2c3cccc4c5ccc6c7c(c8cccc9c%10ccc(c2c%10c(c34)c(c89)c75)CC1)=CCC6. The summed E-state index contributed by atoms with van der Waals surface area (Å²) in [6.07, 6.45) is 9.59. The number of rotatable bonds is 0. The predicted molar refractivity (Wildman–Crippen MR) is 147 cm³/mol. The molecule has 0 bridgehead atoms. The minimum atomic E-state index is 1.13. The maximum Gasteiger partial charge on any atom is -0.0000836 e. The fraction of sp³-hybridized carbons (Fsp3) is 0.118. The highest BCUT2D eigenvalue weighted by Crippen LogP contribution is 2.50. The van der Waals surface area contributed by atoms with Crippen molar-refractivity contribution in [2.24, 2.45) is 0 Å². The van der Waals surface area contributed by atoms with Gasteiger partial charge in [-0.05, 0) is 123 Å². The first-order chi connectivity index (χ1) is 16.9. The molecule has 0 spiro atoms. The molecule has 156 valence electrons. The summed E-state index contributed by atoms with van der Waals surface area (Å²) in [4.78, 5) is 0. The normalized spacial score (nSPS) is 15.6. The lowest BCUT2D eigenvalue weighted by atomic mass is 9.76. The molecule has 0 radical (unpaired) electrons. The van der Waals surface area contributed by atoms with Crippen molar-refractivity contribution in [3.8, 4) is 0 Å². The molecule has 2 aliphatic rings. The molecule has 0 N–H and O–H groups in total. The second-order valence-corrected chi connectivity index (χ2v) is 10.6. The molecule has 0 saturated carbocycles. The molecule has 0 fully saturated rings. The number of hydrogen-bond donors (Lipinski definition) is 0. The van der Waals surface area contributed by atoms with Gasteiger partial charge in [-0.15, -0.1) is 0 Å². The Labute approximate surface area is 195 Å². The van der Waals surface area contributed by atoms with Crippen LogP contribution in [0.2, 0.25) is 0 Å². The third-order valence-corrected chi connectivity index (χ3v) is 9.19. The van der Waals surface area contributed by atoms with Gasteiger partial charge in [0.2, 0.25) is 0 Å². The van der Waals surface area contributed by atoms with Gasteiger partial charge < -0.3 is 0 Å². The summed E-state index contributed by atoms with van der Waals surface area (Å²) in [5.74, 6) is 0. The molecule has 0 heteroatoms. The molecule has 0 nitrogen and oxygen atoms in total. The number of benzene rings is 8. The van der Waals surface area contributed by atoms with Crippen molar-refractivity contribution in [2.75, 3.05) is 0 Å². The van der Waals surface area contributed by atoms with Crippen molar-refractivity contribution >= 4 is 87.6 Å². The molecule has 0 heterocycles. The van der Waals surface area contributed by atoms with Gasteiger partial charge in [0.15, 0.2) is 0 Å². The van der Waals surface area contributed by atoms with Crippen LogP contribution in [0.3, 0.4) is 0 Å². The van der Waals surface area contributed by atoms with E-state index in [9.17, 15) is 0 Å². The van der Waals surface area contributed by atoms with Crippen LogP contribution in [0.25, 0.3) is 87.6 Å². The Hall–Kier alpha value is -3.90. The fourth-order valence-electron chi connectivity index (χ4n) is 8.02. The highest BCUT2D eigenvalue weighted by Gasteiger charge is 2.26. The lowest BCUT2D eigenvalue weighted by Gasteiger charge is -2.26. The van der Waals surface area contributed by atoms with Crippen LogP contribution in [0.1, 0.15) is 24.0 Å². The molecule has 0 aliphatic heterocycles. The lowest BCUT2D eigenvalue weighted by Crippen LogP contribution is -2.15. The zero-order valence-corrected chi connectivity index (χ0v) is 18.8. The molecule has 8 aromatic carbocycles. The molecule has 34 heavy (non-hydrogen) atoms. The van der Waals surface area contributed by atoms with Crippen molar-refractivity contribution in [3.63, 3.8) is 0 Å². The summed E-state index contributed by atoms with van der Waals surface area (Å²) in [6, 6.07) is 23.8. The highest BCUT2D eigenvalue weighted by atomic mass is 14.3. The van der Waals surface area contributed by atoms with E-state index in [0.717, 1.165) is 25.7 Å². The Morgan fingerprint density at radius 2 is 0.794 bits per heavy atom. The molecule has 8 aromatic rings.